The summed E-state index contributed by atoms with van der Waals surface area (Å²) in [5, 5.41) is 9.25. The molecule has 0 unspecified atom stereocenters. The van der Waals surface area contributed by atoms with Crippen LogP contribution in [0.1, 0.15) is 35.2 Å². The van der Waals surface area contributed by atoms with Crippen LogP contribution >= 0.6 is 11.8 Å². The second kappa shape index (κ2) is 9.24. The standard InChI is InChI=1S/C21H20N2O3S/c22-14-16-8-2-4-10-18(16)27-19-11-5-3-9-17(19)21(25)26-15-20(24)23-12-6-1-7-13-23/h2-5,8-11H,1,6-7,12-13,15H2. The van der Waals surface area contributed by atoms with Gasteiger partial charge in [-0.25, -0.2) is 4.79 Å². The van der Waals surface area contributed by atoms with Crippen molar-refractivity contribution >= 4 is 23.6 Å². The number of benzene rings is 2. The van der Waals surface area contributed by atoms with E-state index in [-0.39, 0.29) is 12.5 Å². The molecule has 0 atom stereocenters. The molecule has 0 saturated carbocycles. The van der Waals surface area contributed by atoms with Gasteiger partial charge in [-0.15, -0.1) is 0 Å². The number of ether oxygens (including phenoxy) is 1. The van der Waals surface area contributed by atoms with Crippen molar-refractivity contribution in [1.29, 1.82) is 5.26 Å². The van der Waals surface area contributed by atoms with Crippen molar-refractivity contribution in [1.82, 2.24) is 4.90 Å². The Kier molecular flexibility index (Phi) is 6.50. The highest BCUT2D eigenvalue weighted by molar-refractivity contribution is 7.99. The average Bonchev–Trinajstić information content (AvgIpc) is 2.73. The summed E-state index contributed by atoms with van der Waals surface area (Å²) in [4.78, 5) is 27.9. The van der Waals surface area contributed by atoms with Crippen molar-refractivity contribution in [3.8, 4) is 6.07 Å². The lowest BCUT2D eigenvalue weighted by atomic mass is 10.1. The van der Waals surface area contributed by atoms with Crippen molar-refractivity contribution < 1.29 is 14.3 Å². The van der Waals surface area contributed by atoms with E-state index in [0.717, 1.165) is 37.2 Å². The van der Waals surface area contributed by atoms with Crippen molar-refractivity contribution in [2.45, 2.75) is 29.1 Å². The minimum Gasteiger partial charge on any atom is -0.452 e. The first-order valence-corrected chi connectivity index (χ1v) is 9.71. The topological polar surface area (TPSA) is 70.4 Å². The van der Waals surface area contributed by atoms with E-state index in [9.17, 15) is 14.9 Å². The molecule has 3 rings (SSSR count). The number of carbonyl (C=O) groups is 2. The molecule has 2 aromatic rings. The van der Waals surface area contributed by atoms with Gasteiger partial charge < -0.3 is 9.64 Å². The molecule has 0 N–H and O–H groups in total. The maximum absolute atomic E-state index is 12.5. The number of piperidine rings is 1. The van der Waals surface area contributed by atoms with E-state index in [4.69, 9.17) is 4.74 Å². The van der Waals surface area contributed by atoms with Crippen LogP contribution in [0.4, 0.5) is 0 Å². The van der Waals surface area contributed by atoms with E-state index in [2.05, 4.69) is 6.07 Å². The Labute approximate surface area is 162 Å². The van der Waals surface area contributed by atoms with E-state index < -0.39 is 5.97 Å². The van der Waals surface area contributed by atoms with E-state index in [1.807, 2.05) is 24.3 Å². The minimum atomic E-state index is -0.530. The minimum absolute atomic E-state index is 0.150. The summed E-state index contributed by atoms with van der Waals surface area (Å²) in [6, 6.07) is 16.4. The second-order valence-corrected chi connectivity index (χ2v) is 7.31. The molecule has 0 spiro atoms. The van der Waals surface area contributed by atoms with Crippen LogP contribution in [0.15, 0.2) is 58.3 Å². The van der Waals surface area contributed by atoms with Crippen LogP contribution in [0.5, 0.6) is 0 Å². The van der Waals surface area contributed by atoms with Crippen LogP contribution in [0.25, 0.3) is 0 Å². The maximum Gasteiger partial charge on any atom is 0.339 e. The highest BCUT2D eigenvalue weighted by atomic mass is 32.2. The molecule has 0 aromatic heterocycles. The van der Waals surface area contributed by atoms with Crippen molar-refractivity contribution in [3.63, 3.8) is 0 Å². The molecule has 0 aliphatic carbocycles. The fraction of sp³-hybridized carbons (Fsp3) is 0.286. The molecule has 1 fully saturated rings. The van der Waals surface area contributed by atoms with Crippen LogP contribution < -0.4 is 0 Å². The number of amides is 1. The van der Waals surface area contributed by atoms with Gasteiger partial charge in [-0.05, 0) is 43.5 Å². The first-order chi connectivity index (χ1) is 13.2. The Hall–Kier alpha value is -2.78. The first-order valence-electron chi connectivity index (χ1n) is 8.90. The molecule has 0 radical (unpaired) electrons. The third-order valence-electron chi connectivity index (χ3n) is 4.37. The molecule has 1 heterocycles. The van der Waals surface area contributed by atoms with Crippen LogP contribution in [0.3, 0.4) is 0 Å². The summed E-state index contributed by atoms with van der Waals surface area (Å²) < 4.78 is 5.27. The van der Waals surface area contributed by atoms with E-state index in [1.54, 1.807) is 29.2 Å². The van der Waals surface area contributed by atoms with Gasteiger partial charge in [0.05, 0.1) is 11.1 Å². The summed E-state index contributed by atoms with van der Waals surface area (Å²) in [6.45, 7) is 1.22. The Balaban J connectivity index is 1.68. The molecule has 5 nitrogen and oxygen atoms in total. The molecular formula is C21H20N2O3S. The van der Waals surface area contributed by atoms with E-state index in [0.29, 0.717) is 16.0 Å². The SMILES string of the molecule is N#Cc1ccccc1Sc1ccccc1C(=O)OCC(=O)N1CCCCC1. The molecule has 2 aromatic carbocycles. The van der Waals surface area contributed by atoms with Crippen LogP contribution in [0, 0.1) is 11.3 Å². The maximum atomic E-state index is 12.5. The van der Waals surface area contributed by atoms with Gasteiger partial charge >= 0.3 is 5.97 Å². The molecule has 1 amide bonds. The summed E-state index contributed by atoms with van der Waals surface area (Å²) in [5.74, 6) is -0.680. The molecular weight excluding hydrogens is 360 g/mol. The summed E-state index contributed by atoms with van der Waals surface area (Å²) in [7, 11) is 0. The fourth-order valence-corrected chi connectivity index (χ4v) is 3.95. The van der Waals surface area contributed by atoms with Crippen LogP contribution in [-0.4, -0.2) is 36.5 Å². The predicted octanol–water partition coefficient (Wildman–Crippen LogP) is 3.88. The molecule has 27 heavy (non-hydrogen) atoms. The Morgan fingerprint density at radius 1 is 1.00 bits per heavy atom. The molecule has 0 bridgehead atoms. The van der Waals surface area contributed by atoms with Crippen LogP contribution in [-0.2, 0) is 9.53 Å². The molecule has 6 heteroatoms. The normalized spacial score (nSPS) is 13.7. The summed E-state index contributed by atoms with van der Waals surface area (Å²) >= 11 is 1.34. The molecule has 1 saturated heterocycles. The van der Waals surface area contributed by atoms with Gasteiger partial charge in [0.15, 0.2) is 6.61 Å². The Bertz CT molecular complexity index is 870. The second-order valence-electron chi connectivity index (χ2n) is 6.22. The zero-order valence-corrected chi connectivity index (χ0v) is 15.7. The van der Waals surface area contributed by atoms with E-state index in [1.165, 1.54) is 11.8 Å². The molecule has 138 valence electrons. The first kappa shape index (κ1) is 19.0. The highest BCUT2D eigenvalue weighted by Crippen LogP contribution is 2.32. The highest BCUT2D eigenvalue weighted by Gasteiger charge is 2.20. The van der Waals surface area contributed by atoms with Gasteiger partial charge in [0.1, 0.15) is 6.07 Å². The van der Waals surface area contributed by atoms with Crippen molar-refractivity contribution in [2.75, 3.05) is 19.7 Å². The van der Waals surface area contributed by atoms with Crippen LogP contribution in [0.2, 0.25) is 0 Å². The number of hydrogen-bond donors (Lipinski definition) is 0. The zero-order chi connectivity index (χ0) is 19.1. The van der Waals surface area contributed by atoms with Gasteiger partial charge in [0, 0.05) is 22.9 Å². The van der Waals surface area contributed by atoms with Crippen molar-refractivity contribution in [3.05, 3.63) is 59.7 Å². The van der Waals surface area contributed by atoms with Gasteiger partial charge in [-0.1, -0.05) is 36.0 Å². The van der Waals surface area contributed by atoms with E-state index >= 15 is 0 Å². The third-order valence-corrected chi connectivity index (χ3v) is 5.52. The number of rotatable bonds is 5. The van der Waals surface area contributed by atoms with Gasteiger partial charge in [0.25, 0.3) is 5.91 Å². The monoisotopic (exact) mass is 380 g/mol. The van der Waals surface area contributed by atoms with Gasteiger partial charge in [0.2, 0.25) is 0 Å². The smallest absolute Gasteiger partial charge is 0.339 e. The fourth-order valence-electron chi connectivity index (χ4n) is 2.93. The number of hydrogen-bond acceptors (Lipinski definition) is 5. The van der Waals surface area contributed by atoms with Crippen molar-refractivity contribution in [2.24, 2.45) is 0 Å². The van der Waals surface area contributed by atoms with Gasteiger partial charge in [-0.2, -0.15) is 5.26 Å². The number of carbonyl (C=O) groups excluding carboxylic acids is 2. The average molecular weight is 380 g/mol. The van der Waals surface area contributed by atoms with Gasteiger partial charge in [-0.3, -0.25) is 4.79 Å². The zero-order valence-electron chi connectivity index (χ0n) is 14.9. The lowest BCUT2D eigenvalue weighted by Gasteiger charge is -2.26. The Morgan fingerprint density at radius 3 is 2.41 bits per heavy atom. The number of nitrogens with zero attached hydrogens (tertiary/aromatic N) is 2. The molecule has 1 aliphatic rings. The molecule has 1 aliphatic heterocycles. The number of likely N-dealkylation sites (tertiary alicyclic amines) is 1. The third kappa shape index (κ3) is 4.89. The number of esters is 1. The lowest BCUT2D eigenvalue weighted by molar-refractivity contribution is -0.135. The summed E-state index contributed by atoms with van der Waals surface area (Å²) in [6.07, 6.45) is 3.13. The lowest BCUT2D eigenvalue weighted by Crippen LogP contribution is -2.38. The largest absolute Gasteiger partial charge is 0.452 e. The number of nitriles is 1. The predicted molar refractivity (Wildman–Crippen MR) is 102 cm³/mol. The summed E-state index contributed by atoms with van der Waals surface area (Å²) in [5.41, 5.74) is 0.938. The Morgan fingerprint density at radius 2 is 1.67 bits per heavy atom. The quantitative estimate of drug-likeness (QED) is 0.736.